The van der Waals surface area contributed by atoms with Crippen molar-refractivity contribution in [3.63, 3.8) is 0 Å². The van der Waals surface area contributed by atoms with E-state index in [-0.39, 0.29) is 0 Å². The normalized spacial score (nSPS) is 20.4. The van der Waals surface area contributed by atoms with Crippen LogP contribution in [0.4, 0.5) is 0 Å². The minimum atomic E-state index is 0.431. The van der Waals surface area contributed by atoms with Crippen LogP contribution < -0.4 is 5.32 Å². The van der Waals surface area contributed by atoms with Gasteiger partial charge in [-0.3, -0.25) is 0 Å². The predicted octanol–water partition coefficient (Wildman–Crippen LogP) is 3.19. The molecule has 1 saturated heterocycles. The summed E-state index contributed by atoms with van der Waals surface area (Å²) in [7, 11) is 2.20. The van der Waals surface area contributed by atoms with Crippen LogP contribution in [0.2, 0.25) is 0 Å². The maximum Gasteiger partial charge on any atom is 0.0294 e. The highest BCUT2D eigenvalue weighted by atomic mass is 79.9. The molecule has 1 fully saturated rings. The summed E-state index contributed by atoms with van der Waals surface area (Å²) in [5.41, 5.74) is 1.36. The number of nitrogens with one attached hydrogen (secondary N) is 1. The Morgan fingerprint density at radius 3 is 2.71 bits per heavy atom. The summed E-state index contributed by atoms with van der Waals surface area (Å²) in [5.74, 6) is 0. The molecule has 0 bridgehead atoms. The van der Waals surface area contributed by atoms with E-state index < -0.39 is 0 Å². The first-order chi connectivity index (χ1) is 8.15. The lowest BCUT2D eigenvalue weighted by Gasteiger charge is -2.31. The smallest absolute Gasteiger partial charge is 0.0294 e. The van der Waals surface area contributed by atoms with Crippen molar-refractivity contribution >= 4 is 15.9 Å². The van der Waals surface area contributed by atoms with Crippen LogP contribution in [0.25, 0.3) is 0 Å². The van der Waals surface area contributed by atoms with Gasteiger partial charge in [0.1, 0.15) is 0 Å². The lowest BCUT2D eigenvalue weighted by molar-refractivity contribution is 0.226. The molecule has 1 N–H and O–H groups in total. The van der Waals surface area contributed by atoms with Gasteiger partial charge < -0.3 is 10.2 Å². The van der Waals surface area contributed by atoms with Crippen LogP contribution in [0.3, 0.4) is 0 Å². The van der Waals surface area contributed by atoms with E-state index in [4.69, 9.17) is 0 Å². The largest absolute Gasteiger partial charge is 0.307 e. The van der Waals surface area contributed by atoms with Crippen LogP contribution in [-0.4, -0.2) is 31.1 Å². The van der Waals surface area contributed by atoms with E-state index in [1.54, 1.807) is 0 Å². The summed E-state index contributed by atoms with van der Waals surface area (Å²) in [4.78, 5) is 2.40. The maximum absolute atomic E-state index is 3.74. The molecule has 3 heteroatoms. The van der Waals surface area contributed by atoms with E-state index >= 15 is 0 Å². The molecule has 2 nitrogen and oxygen atoms in total. The molecule has 1 atom stereocenters. The van der Waals surface area contributed by atoms with Crippen LogP contribution in [0.15, 0.2) is 28.7 Å². The molecule has 0 aliphatic carbocycles. The fraction of sp³-hybridized carbons (Fsp3) is 0.571. The molecule has 0 saturated carbocycles. The van der Waals surface area contributed by atoms with Crippen LogP contribution in [-0.2, 0) is 0 Å². The second kappa shape index (κ2) is 5.98. The Labute approximate surface area is 113 Å². The van der Waals surface area contributed by atoms with Gasteiger partial charge in [-0.05, 0) is 57.6 Å². The molecule has 17 heavy (non-hydrogen) atoms. The van der Waals surface area contributed by atoms with Crippen molar-refractivity contribution in [2.75, 3.05) is 20.1 Å². The van der Waals surface area contributed by atoms with E-state index in [2.05, 4.69) is 64.4 Å². The highest BCUT2D eigenvalue weighted by molar-refractivity contribution is 9.10. The average Bonchev–Trinajstić information content (AvgIpc) is 2.32. The van der Waals surface area contributed by atoms with Gasteiger partial charge in [-0.25, -0.2) is 0 Å². The van der Waals surface area contributed by atoms with Crippen molar-refractivity contribution in [3.8, 4) is 0 Å². The molecule has 0 radical (unpaired) electrons. The van der Waals surface area contributed by atoms with Gasteiger partial charge >= 0.3 is 0 Å². The highest BCUT2D eigenvalue weighted by Gasteiger charge is 2.18. The highest BCUT2D eigenvalue weighted by Crippen LogP contribution is 2.20. The minimum Gasteiger partial charge on any atom is -0.307 e. The third-order valence-electron chi connectivity index (χ3n) is 3.55. The molecule has 1 aliphatic rings. The molecule has 0 unspecified atom stereocenters. The zero-order chi connectivity index (χ0) is 12.3. The van der Waals surface area contributed by atoms with Gasteiger partial charge in [0.25, 0.3) is 0 Å². The van der Waals surface area contributed by atoms with Crippen molar-refractivity contribution in [3.05, 3.63) is 34.3 Å². The summed E-state index contributed by atoms with van der Waals surface area (Å²) >= 11 is 3.53. The van der Waals surface area contributed by atoms with Crippen molar-refractivity contribution in [2.45, 2.75) is 31.8 Å². The predicted molar refractivity (Wildman–Crippen MR) is 76.2 cm³/mol. The van der Waals surface area contributed by atoms with Crippen molar-refractivity contribution in [1.82, 2.24) is 10.2 Å². The van der Waals surface area contributed by atoms with Crippen molar-refractivity contribution < 1.29 is 0 Å². The monoisotopic (exact) mass is 296 g/mol. The van der Waals surface area contributed by atoms with Gasteiger partial charge in [0.05, 0.1) is 0 Å². The number of rotatable bonds is 3. The quantitative estimate of drug-likeness (QED) is 0.921. The number of hydrogen-bond donors (Lipinski definition) is 1. The number of hydrogen-bond acceptors (Lipinski definition) is 2. The molecule has 0 spiro atoms. The first kappa shape index (κ1) is 13.1. The van der Waals surface area contributed by atoms with Gasteiger partial charge in [0.2, 0.25) is 0 Å². The number of piperidine rings is 1. The van der Waals surface area contributed by atoms with Gasteiger partial charge in [-0.2, -0.15) is 0 Å². The molecular formula is C14H21BrN2. The lowest BCUT2D eigenvalue weighted by Crippen LogP contribution is -2.41. The van der Waals surface area contributed by atoms with E-state index in [9.17, 15) is 0 Å². The molecule has 94 valence electrons. The summed E-state index contributed by atoms with van der Waals surface area (Å²) in [6.07, 6.45) is 2.52. The second-order valence-electron chi connectivity index (χ2n) is 5.02. The number of nitrogens with zero attached hydrogens (tertiary/aromatic N) is 1. The Balaban J connectivity index is 1.90. The SMILES string of the molecule is C[C@@H](NC1CCN(C)CC1)c1cccc(Br)c1. The van der Waals surface area contributed by atoms with Crippen molar-refractivity contribution in [1.29, 1.82) is 0 Å². The summed E-state index contributed by atoms with van der Waals surface area (Å²) < 4.78 is 1.16. The van der Waals surface area contributed by atoms with Gasteiger partial charge in [-0.15, -0.1) is 0 Å². The summed E-state index contributed by atoms with van der Waals surface area (Å²) in [6, 6.07) is 9.67. The van der Waals surface area contributed by atoms with Crippen LogP contribution in [0.1, 0.15) is 31.4 Å². The van der Waals surface area contributed by atoms with Crippen LogP contribution in [0, 0.1) is 0 Å². The van der Waals surface area contributed by atoms with E-state index in [1.165, 1.54) is 31.5 Å². The van der Waals surface area contributed by atoms with E-state index in [0.717, 1.165) is 4.47 Å². The molecule has 2 rings (SSSR count). The Morgan fingerprint density at radius 1 is 1.35 bits per heavy atom. The Bertz CT molecular complexity index is 359. The Hall–Kier alpha value is -0.380. The lowest BCUT2D eigenvalue weighted by atomic mass is 10.0. The number of likely N-dealkylation sites (tertiary alicyclic amines) is 1. The summed E-state index contributed by atoms with van der Waals surface area (Å²) in [5, 5.41) is 3.74. The average molecular weight is 297 g/mol. The van der Waals surface area contributed by atoms with Gasteiger partial charge in [-0.1, -0.05) is 28.1 Å². The zero-order valence-corrected chi connectivity index (χ0v) is 12.2. The fourth-order valence-electron chi connectivity index (χ4n) is 2.40. The summed E-state index contributed by atoms with van der Waals surface area (Å²) in [6.45, 7) is 4.67. The minimum absolute atomic E-state index is 0.431. The van der Waals surface area contributed by atoms with Crippen LogP contribution >= 0.6 is 15.9 Å². The van der Waals surface area contributed by atoms with Gasteiger partial charge in [0, 0.05) is 16.6 Å². The third-order valence-corrected chi connectivity index (χ3v) is 4.05. The molecule has 0 aromatic heterocycles. The topological polar surface area (TPSA) is 15.3 Å². The Morgan fingerprint density at radius 2 is 2.06 bits per heavy atom. The van der Waals surface area contributed by atoms with E-state index in [1.807, 2.05) is 0 Å². The van der Waals surface area contributed by atoms with Crippen LogP contribution in [0.5, 0.6) is 0 Å². The van der Waals surface area contributed by atoms with E-state index in [0.29, 0.717) is 12.1 Å². The first-order valence-electron chi connectivity index (χ1n) is 6.35. The molecule has 1 aromatic carbocycles. The second-order valence-corrected chi connectivity index (χ2v) is 5.94. The Kier molecular flexibility index (Phi) is 4.60. The number of benzene rings is 1. The first-order valence-corrected chi connectivity index (χ1v) is 7.14. The van der Waals surface area contributed by atoms with Gasteiger partial charge in [0.15, 0.2) is 0 Å². The fourth-order valence-corrected chi connectivity index (χ4v) is 2.82. The zero-order valence-electron chi connectivity index (χ0n) is 10.6. The molecular weight excluding hydrogens is 276 g/mol. The molecule has 1 heterocycles. The molecule has 1 aliphatic heterocycles. The number of halogens is 1. The molecule has 1 aromatic rings. The maximum atomic E-state index is 3.74. The van der Waals surface area contributed by atoms with Crippen molar-refractivity contribution in [2.24, 2.45) is 0 Å². The molecule has 0 amide bonds. The standard InChI is InChI=1S/C14H21BrN2/c1-11(12-4-3-5-13(15)10-12)16-14-6-8-17(2)9-7-14/h3-5,10-11,14,16H,6-9H2,1-2H3/t11-/m1/s1. The third kappa shape index (κ3) is 3.80.